The Kier molecular flexibility index (Phi) is 12.0. The van der Waals surface area contributed by atoms with Crippen molar-refractivity contribution in [3.05, 3.63) is 61.2 Å². The number of benzene rings is 1. The first-order valence-corrected chi connectivity index (χ1v) is 16.8. The van der Waals surface area contributed by atoms with Crippen molar-refractivity contribution in [2.24, 2.45) is 11.8 Å². The fourth-order valence-corrected chi connectivity index (χ4v) is 7.93. The van der Waals surface area contributed by atoms with Crippen LogP contribution in [-0.4, -0.2) is 93.5 Å². The Morgan fingerprint density at radius 2 is 1.93 bits per heavy atom. The number of halogens is 1. The molecule has 11 heteroatoms. The first-order valence-electron chi connectivity index (χ1n) is 15.9. The minimum atomic E-state index is -1.21. The van der Waals surface area contributed by atoms with E-state index in [1.807, 2.05) is 44.2 Å². The number of allylic oxidation sites excluding steroid dienone is 1. The number of aliphatic hydroxyl groups excluding tert-OH is 1. The normalized spacial score (nSPS) is 27.3. The number of carbonyl (C=O) groups excluding carboxylic acids is 4. The second-order valence-corrected chi connectivity index (χ2v) is 13.5. The highest BCUT2D eigenvalue weighted by atomic mass is 79.9. The van der Waals surface area contributed by atoms with Gasteiger partial charge in [0.2, 0.25) is 17.7 Å². The molecule has 1 aromatic rings. The van der Waals surface area contributed by atoms with Gasteiger partial charge in [0.05, 0.1) is 24.5 Å². The number of amides is 3. The first-order chi connectivity index (χ1) is 21.6. The predicted octanol–water partition coefficient (Wildman–Crippen LogP) is 3.69. The molecule has 2 bridgehead atoms. The third-order valence-electron chi connectivity index (χ3n) is 9.07. The van der Waals surface area contributed by atoms with Gasteiger partial charge in [-0.15, -0.1) is 13.2 Å². The quantitative estimate of drug-likeness (QED) is 0.111. The monoisotopic (exact) mass is 687 g/mol. The molecule has 1 unspecified atom stereocenters. The number of rotatable bonds is 17. The topological polar surface area (TPSA) is 125 Å². The molecule has 0 aromatic heterocycles. The smallest absolute Gasteiger partial charge is 0.313 e. The zero-order valence-corrected chi connectivity index (χ0v) is 27.8. The van der Waals surface area contributed by atoms with Gasteiger partial charge in [-0.25, -0.2) is 0 Å². The van der Waals surface area contributed by atoms with Crippen molar-refractivity contribution < 1.29 is 33.8 Å². The van der Waals surface area contributed by atoms with Gasteiger partial charge in [-0.05, 0) is 51.5 Å². The Morgan fingerprint density at radius 1 is 1.20 bits per heavy atom. The van der Waals surface area contributed by atoms with Gasteiger partial charge in [0, 0.05) is 37.0 Å². The van der Waals surface area contributed by atoms with Crippen LogP contribution in [0.5, 0.6) is 0 Å². The van der Waals surface area contributed by atoms with Crippen LogP contribution in [-0.2, 0) is 28.7 Å². The molecule has 1 spiro atoms. The summed E-state index contributed by atoms with van der Waals surface area (Å²) >= 11 is 3.71. The van der Waals surface area contributed by atoms with E-state index in [-0.39, 0.29) is 48.2 Å². The summed E-state index contributed by atoms with van der Waals surface area (Å²) in [5.41, 5.74) is -0.499. The first kappa shape index (κ1) is 34.8. The average Bonchev–Trinajstić information content (AvgIpc) is 3.62. The fraction of sp³-hybridized carbons (Fsp3) is 0.588. The molecular weight excluding hydrogens is 642 g/mol. The van der Waals surface area contributed by atoms with Crippen LogP contribution >= 0.6 is 15.9 Å². The van der Waals surface area contributed by atoms with E-state index >= 15 is 0 Å². The Hall–Kier alpha value is -3.02. The molecule has 3 aliphatic heterocycles. The zero-order valence-electron chi connectivity index (χ0n) is 26.2. The molecule has 3 heterocycles. The highest BCUT2D eigenvalue weighted by Crippen LogP contribution is 2.60. The number of hydrogen-bond acceptors (Lipinski definition) is 7. The van der Waals surface area contributed by atoms with Crippen molar-refractivity contribution in [3.8, 4) is 0 Å². The van der Waals surface area contributed by atoms with Crippen molar-refractivity contribution in [2.45, 2.75) is 87.1 Å². The molecule has 3 saturated heterocycles. The van der Waals surface area contributed by atoms with Crippen molar-refractivity contribution in [1.29, 1.82) is 0 Å². The molecule has 1 aromatic carbocycles. The molecule has 3 aliphatic rings. The van der Waals surface area contributed by atoms with E-state index in [0.717, 1.165) is 0 Å². The van der Waals surface area contributed by atoms with Gasteiger partial charge >= 0.3 is 5.97 Å². The van der Waals surface area contributed by atoms with Gasteiger partial charge in [0.25, 0.3) is 0 Å². The number of alkyl halides is 1. The average molecular weight is 689 g/mol. The minimum absolute atomic E-state index is 0.0462. The predicted molar refractivity (Wildman–Crippen MR) is 173 cm³/mol. The molecule has 2 N–H and O–H groups in total. The number of carbonyl (C=O) groups is 4. The summed E-state index contributed by atoms with van der Waals surface area (Å²) in [6.45, 7) is 12.0. The summed E-state index contributed by atoms with van der Waals surface area (Å²) < 4.78 is 12.7. The molecule has 7 atom stereocenters. The highest BCUT2D eigenvalue weighted by molar-refractivity contribution is 9.09. The standard InChI is InChI=1S/C34H46BrN3O7/c1-5-7-16-26(40)36-21-25(23-14-10-8-11-15-23)44-33(43)27-28-31(41)38(18-12-9-13-19-39)30(32(42)37(17-6-2)22(3)4)34(28)20-24(35)29(27)45-34/h5-6,8,10-11,14-15,22,24-25,27-30,39H,1-2,7,9,12-13,16-21H2,3-4H3,(H,36,40)/t24?,25-,27+,28-,29+,30+,34-/m1/s1. The summed E-state index contributed by atoms with van der Waals surface area (Å²) in [5.74, 6) is -3.15. The number of likely N-dealkylation sites (tertiary alicyclic amines) is 1. The number of hydrogen-bond donors (Lipinski definition) is 2. The van der Waals surface area contributed by atoms with E-state index in [1.54, 1.807) is 22.0 Å². The van der Waals surface area contributed by atoms with E-state index in [0.29, 0.717) is 50.8 Å². The molecule has 10 nitrogen and oxygen atoms in total. The van der Waals surface area contributed by atoms with Gasteiger partial charge < -0.3 is 29.7 Å². The number of nitrogens with one attached hydrogen (secondary N) is 1. The lowest BCUT2D eigenvalue weighted by molar-refractivity contribution is -0.160. The number of aliphatic hydroxyl groups is 1. The van der Waals surface area contributed by atoms with Gasteiger partial charge in [0.1, 0.15) is 17.7 Å². The van der Waals surface area contributed by atoms with E-state index in [1.165, 1.54) is 0 Å². The van der Waals surface area contributed by atoms with Crippen LogP contribution in [0.2, 0.25) is 0 Å². The Balaban J connectivity index is 1.65. The van der Waals surface area contributed by atoms with Crippen LogP contribution in [0.1, 0.15) is 64.0 Å². The number of ether oxygens (including phenoxy) is 2. The van der Waals surface area contributed by atoms with Gasteiger partial charge in [-0.3, -0.25) is 19.2 Å². The molecule has 4 rings (SSSR count). The van der Waals surface area contributed by atoms with Crippen LogP contribution in [0, 0.1) is 11.8 Å². The van der Waals surface area contributed by atoms with Gasteiger partial charge in [0.15, 0.2) is 0 Å². The van der Waals surface area contributed by atoms with Crippen molar-refractivity contribution in [2.75, 3.05) is 26.2 Å². The molecule has 0 aliphatic carbocycles. The van der Waals surface area contributed by atoms with Crippen molar-refractivity contribution >= 4 is 39.6 Å². The van der Waals surface area contributed by atoms with E-state index in [9.17, 15) is 24.3 Å². The minimum Gasteiger partial charge on any atom is -0.455 e. The maximum absolute atomic E-state index is 14.3. The largest absolute Gasteiger partial charge is 0.455 e. The SMILES string of the molecule is C=CCCC(=O)NC[C@@H](OC(=O)[C@@H]1[C@H]2O[C@@]3(CC2Br)[C@H](C(=O)N(CC=C)C(C)C)N(CCCCCO)C(=O)[C@@H]13)c1ccccc1. The summed E-state index contributed by atoms with van der Waals surface area (Å²) in [6, 6.07) is 8.09. The molecular formula is C34H46BrN3O7. The van der Waals surface area contributed by atoms with Crippen molar-refractivity contribution in [1.82, 2.24) is 15.1 Å². The Labute approximate surface area is 274 Å². The van der Waals surface area contributed by atoms with E-state index < -0.39 is 41.7 Å². The fourth-order valence-electron chi connectivity index (χ4n) is 6.98. The second kappa shape index (κ2) is 15.5. The van der Waals surface area contributed by atoms with Crippen LogP contribution in [0.25, 0.3) is 0 Å². The molecule has 45 heavy (non-hydrogen) atoms. The summed E-state index contributed by atoms with van der Waals surface area (Å²) in [7, 11) is 0. The second-order valence-electron chi connectivity index (χ2n) is 12.3. The molecule has 246 valence electrons. The van der Waals surface area contributed by atoms with E-state index in [2.05, 4.69) is 34.4 Å². The number of nitrogens with zero attached hydrogens (tertiary/aromatic N) is 2. The van der Waals surface area contributed by atoms with Crippen molar-refractivity contribution in [3.63, 3.8) is 0 Å². The number of fused-ring (bicyclic) bond motifs is 1. The molecule has 0 radical (unpaired) electrons. The van der Waals surface area contributed by atoms with Crippen LogP contribution in [0.3, 0.4) is 0 Å². The molecule has 3 amide bonds. The summed E-state index contributed by atoms with van der Waals surface area (Å²) in [5, 5.41) is 12.1. The van der Waals surface area contributed by atoms with Crippen LogP contribution in [0.4, 0.5) is 0 Å². The maximum atomic E-state index is 14.3. The Bertz CT molecular complexity index is 1240. The summed E-state index contributed by atoms with van der Waals surface area (Å²) in [4.78, 5) is 58.2. The lowest BCUT2D eigenvalue weighted by atomic mass is 9.70. The third kappa shape index (κ3) is 7.20. The highest BCUT2D eigenvalue weighted by Gasteiger charge is 2.77. The molecule has 3 fully saturated rings. The maximum Gasteiger partial charge on any atom is 0.313 e. The number of unbranched alkanes of at least 4 members (excludes halogenated alkanes) is 2. The third-order valence-corrected chi connectivity index (χ3v) is 9.92. The summed E-state index contributed by atoms with van der Waals surface area (Å²) in [6.07, 6.45) is 4.94. The Morgan fingerprint density at radius 3 is 2.58 bits per heavy atom. The van der Waals surface area contributed by atoms with Crippen LogP contribution in [0.15, 0.2) is 55.6 Å². The number of esters is 1. The van der Waals surface area contributed by atoms with Crippen LogP contribution < -0.4 is 5.32 Å². The van der Waals surface area contributed by atoms with Gasteiger partial charge in [-0.1, -0.05) is 58.4 Å². The molecule has 0 saturated carbocycles. The lowest BCUT2D eigenvalue weighted by Crippen LogP contribution is -2.58. The van der Waals surface area contributed by atoms with Gasteiger partial charge in [-0.2, -0.15) is 0 Å². The van der Waals surface area contributed by atoms with E-state index in [4.69, 9.17) is 9.47 Å². The lowest BCUT2D eigenvalue weighted by Gasteiger charge is -2.38. The zero-order chi connectivity index (χ0) is 32.7.